The highest BCUT2D eigenvalue weighted by atomic mass is 35.5. The van der Waals surface area contributed by atoms with Gasteiger partial charge in [0.2, 0.25) is 0 Å². The molecule has 31 heavy (non-hydrogen) atoms. The summed E-state index contributed by atoms with van der Waals surface area (Å²) in [6.07, 6.45) is -0.662. The van der Waals surface area contributed by atoms with E-state index < -0.39 is 5.92 Å². The number of rotatable bonds is 3. The van der Waals surface area contributed by atoms with E-state index in [1.807, 2.05) is 4.90 Å². The maximum atomic E-state index is 13.4. The van der Waals surface area contributed by atoms with Crippen LogP contribution >= 0.6 is 11.6 Å². The average molecular weight is 453 g/mol. The fourth-order valence-corrected chi connectivity index (χ4v) is 4.54. The second-order valence-electron chi connectivity index (χ2n) is 8.68. The lowest BCUT2D eigenvalue weighted by molar-refractivity contribution is -0.0495. The summed E-state index contributed by atoms with van der Waals surface area (Å²) in [6, 6.07) is 5.44. The van der Waals surface area contributed by atoms with Gasteiger partial charge in [-0.2, -0.15) is 0 Å². The van der Waals surface area contributed by atoms with Crippen LogP contribution in [-0.4, -0.2) is 82.7 Å². The molecule has 1 N–H and O–H groups in total. The molecule has 1 aromatic carbocycles. The summed E-state index contributed by atoms with van der Waals surface area (Å²) in [5.41, 5.74) is 1.33. The zero-order chi connectivity index (χ0) is 22.3. The number of hydrogen-bond donors (Lipinski definition) is 1. The van der Waals surface area contributed by atoms with Gasteiger partial charge in [0.1, 0.15) is 5.69 Å². The molecule has 6 nitrogen and oxygen atoms in total. The van der Waals surface area contributed by atoms with Gasteiger partial charge in [0.05, 0.1) is 10.5 Å². The number of aromatic nitrogens is 1. The number of amides is 2. The Bertz CT molecular complexity index is 989. The zero-order valence-electron chi connectivity index (χ0n) is 17.8. The Balaban J connectivity index is 1.51. The van der Waals surface area contributed by atoms with E-state index in [0.717, 1.165) is 13.1 Å². The molecule has 2 aliphatic rings. The quantitative estimate of drug-likeness (QED) is 0.769. The summed E-state index contributed by atoms with van der Waals surface area (Å²) in [6.45, 7) is 7.29. The van der Waals surface area contributed by atoms with Crippen molar-refractivity contribution in [2.45, 2.75) is 38.7 Å². The fraction of sp³-hybridized carbons (Fsp3) is 0.545. The SMILES string of the molecule is CC(C)N1CCN(C(=O)c2cc(Cl)c3[nH]c(C(=O)N4CCC(F)(F)CC4)cc3c2)CC1. The number of piperazine rings is 1. The number of piperidine rings is 1. The van der Waals surface area contributed by atoms with Crippen LogP contribution in [0.3, 0.4) is 0 Å². The van der Waals surface area contributed by atoms with Crippen LogP contribution in [0.25, 0.3) is 10.9 Å². The normalized spacial score (nSPS) is 19.9. The number of aromatic amines is 1. The minimum absolute atomic E-state index is 0.0149. The lowest BCUT2D eigenvalue weighted by atomic mass is 10.1. The number of likely N-dealkylation sites (tertiary alicyclic amines) is 1. The number of carbonyl (C=O) groups excluding carboxylic acids is 2. The number of halogens is 3. The Labute approximate surface area is 185 Å². The van der Waals surface area contributed by atoms with Crippen LogP contribution in [0.5, 0.6) is 0 Å². The van der Waals surface area contributed by atoms with E-state index in [1.165, 1.54) is 4.90 Å². The molecular formula is C22H27ClF2N4O2. The molecule has 2 fully saturated rings. The van der Waals surface area contributed by atoms with E-state index >= 15 is 0 Å². The van der Waals surface area contributed by atoms with Gasteiger partial charge in [0.15, 0.2) is 0 Å². The van der Waals surface area contributed by atoms with Gasteiger partial charge in [-0.05, 0) is 32.0 Å². The third kappa shape index (κ3) is 4.55. The van der Waals surface area contributed by atoms with Gasteiger partial charge in [-0.1, -0.05) is 11.6 Å². The first-order valence-corrected chi connectivity index (χ1v) is 11.0. The molecule has 9 heteroatoms. The molecular weight excluding hydrogens is 426 g/mol. The van der Waals surface area contributed by atoms with E-state index in [4.69, 9.17) is 11.6 Å². The van der Waals surface area contributed by atoms with Crippen molar-refractivity contribution in [3.05, 3.63) is 34.5 Å². The largest absolute Gasteiger partial charge is 0.349 e. The van der Waals surface area contributed by atoms with Crippen molar-refractivity contribution in [3.8, 4) is 0 Å². The molecule has 168 valence electrons. The van der Waals surface area contributed by atoms with E-state index in [9.17, 15) is 18.4 Å². The number of carbonyl (C=O) groups is 2. The summed E-state index contributed by atoms with van der Waals surface area (Å²) in [7, 11) is 0. The molecule has 2 amide bonds. The molecule has 1 aromatic heterocycles. The Kier molecular flexibility index (Phi) is 5.96. The second kappa shape index (κ2) is 8.39. The van der Waals surface area contributed by atoms with Gasteiger partial charge in [0.25, 0.3) is 17.7 Å². The van der Waals surface area contributed by atoms with Gasteiger partial charge in [0, 0.05) is 69.1 Å². The smallest absolute Gasteiger partial charge is 0.270 e. The van der Waals surface area contributed by atoms with Gasteiger partial charge >= 0.3 is 0 Å². The summed E-state index contributed by atoms with van der Waals surface area (Å²) in [5, 5.41) is 1.01. The summed E-state index contributed by atoms with van der Waals surface area (Å²) in [5.74, 6) is -3.13. The zero-order valence-corrected chi connectivity index (χ0v) is 18.5. The number of hydrogen-bond acceptors (Lipinski definition) is 3. The number of H-pyrrole nitrogens is 1. The van der Waals surface area contributed by atoms with Gasteiger partial charge in [-0.25, -0.2) is 8.78 Å². The highest BCUT2D eigenvalue weighted by Crippen LogP contribution is 2.30. The van der Waals surface area contributed by atoms with Crippen molar-refractivity contribution in [3.63, 3.8) is 0 Å². The standard InChI is InChI=1S/C22H27ClF2N4O2/c1-14(2)27-7-9-29(10-8-27)20(30)16-11-15-13-18(26-19(15)17(23)12-16)21(31)28-5-3-22(24,25)4-6-28/h11-14,26H,3-10H2,1-2H3. The lowest BCUT2D eigenvalue weighted by Gasteiger charge is -2.37. The van der Waals surface area contributed by atoms with Crippen molar-refractivity contribution in [2.24, 2.45) is 0 Å². The van der Waals surface area contributed by atoms with Crippen LogP contribution in [0.15, 0.2) is 18.2 Å². The molecule has 0 aliphatic carbocycles. The molecule has 2 aliphatic heterocycles. The summed E-state index contributed by atoms with van der Waals surface area (Å²) >= 11 is 6.42. The third-order valence-electron chi connectivity index (χ3n) is 6.27. The maximum Gasteiger partial charge on any atom is 0.270 e. The summed E-state index contributed by atoms with van der Waals surface area (Å²) in [4.78, 5) is 34.4. The van der Waals surface area contributed by atoms with Crippen LogP contribution in [0.2, 0.25) is 5.02 Å². The molecule has 0 radical (unpaired) electrons. The highest BCUT2D eigenvalue weighted by molar-refractivity contribution is 6.35. The van der Waals surface area contributed by atoms with E-state index in [1.54, 1.807) is 18.2 Å². The predicted molar refractivity (Wildman–Crippen MR) is 116 cm³/mol. The highest BCUT2D eigenvalue weighted by Gasteiger charge is 2.36. The Morgan fingerprint density at radius 1 is 0.968 bits per heavy atom. The first-order valence-electron chi connectivity index (χ1n) is 10.7. The average Bonchev–Trinajstić information content (AvgIpc) is 3.17. The van der Waals surface area contributed by atoms with Gasteiger partial charge in [-0.3, -0.25) is 14.5 Å². The molecule has 2 saturated heterocycles. The van der Waals surface area contributed by atoms with Crippen LogP contribution in [-0.2, 0) is 0 Å². The van der Waals surface area contributed by atoms with Gasteiger partial charge < -0.3 is 14.8 Å². The topological polar surface area (TPSA) is 59.7 Å². The number of nitrogens with one attached hydrogen (secondary N) is 1. The van der Waals surface area contributed by atoms with Crippen LogP contribution in [0.1, 0.15) is 47.5 Å². The van der Waals surface area contributed by atoms with Crippen molar-refractivity contribution < 1.29 is 18.4 Å². The van der Waals surface area contributed by atoms with Gasteiger partial charge in [-0.15, -0.1) is 0 Å². The number of fused-ring (bicyclic) bond motifs is 1. The number of alkyl halides is 2. The number of benzene rings is 1. The van der Waals surface area contributed by atoms with Crippen molar-refractivity contribution in [1.29, 1.82) is 0 Å². The molecule has 0 saturated carbocycles. The molecule has 0 spiro atoms. The monoisotopic (exact) mass is 452 g/mol. The van der Waals surface area contributed by atoms with E-state index in [2.05, 4.69) is 23.7 Å². The first-order chi connectivity index (χ1) is 14.6. The van der Waals surface area contributed by atoms with E-state index in [0.29, 0.717) is 40.6 Å². The molecule has 0 atom stereocenters. The molecule has 3 heterocycles. The minimum atomic E-state index is -2.71. The lowest BCUT2D eigenvalue weighted by Crippen LogP contribution is -2.50. The van der Waals surface area contributed by atoms with Crippen molar-refractivity contribution >= 4 is 34.3 Å². The Morgan fingerprint density at radius 2 is 1.58 bits per heavy atom. The first kappa shape index (κ1) is 22.0. The van der Waals surface area contributed by atoms with Crippen LogP contribution in [0.4, 0.5) is 8.78 Å². The predicted octanol–water partition coefficient (Wildman–Crippen LogP) is 3.86. The second-order valence-corrected chi connectivity index (χ2v) is 9.08. The molecule has 0 bridgehead atoms. The summed E-state index contributed by atoms with van der Waals surface area (Å²) < 4.78 is 26.8. The molecule has 4 rings (SSSR count). The van der Waals surface area contributed by atoms with Crippen molar-refractivity contribution in [1.82, 2.24) is 19.7 Å². The minimum Gasteiger partial charge on any atom is -0.349 e. The Morgan fingerprint density at radius 3 is 2.19 bits per heavy atom. The Hall–Kier alpha value is -2.19. The van der Waals surface area contributed by atoms with E-state index in [-0.39, 0.29) is 43.4 Å². The van der Waals surface area contributed by atoms with Crippen molar-refractivity contribution in [2.75, 3.05) is 39.3 Å². The van der Waals surface area contributed by atoms with Crippen LogP contribution in [0, 0.1) is 0 Å². The third-order valence-corrected chi connectivity index (χ3v) is 6.57. The number of nitrogens with zero attached hydrogens (tertiary/aromatic N) is 3. The fourth-order valence-electron chi connectivity index (χ4n) is 4.27. The molecule has 0 unspecified atom stereocenters. The van der Waals surface area contributed by atoms with Crippen LogP contribution < -0.4 is 0 Å². The molecule has 2 aromatic rings. The maximum absolute atomic E-state index is 13.4.